The minimum atomic E-state index is -5.30. The number of nitrogen functional groups attached to an aromatic ring is 2. The Morgan fingerprint density at radius 1 is 0.605 bits per heavy atom. The van der Waals surface area contributed by atoms with E-state index < -0.39 is 75.5 Å². The average Bonchev–Trinajstić information content (AvgIpc) is 2.79. The van der Waals surface area contributed by atoms with Gasteiger partial charge in [0.1, 0.15) is 17.1 Å². The second-order valence-corrected chi connectivity index (χ2v) is 7.54. The van der Waals surface area contributed by atoms with Crippen LogP contribution in [0, 0.1) is 0 Å². The first-order valence-corrected chi connectivity index (χ1v) is 9.97. The Kier molecular flexibility index (Phi) is 7.25. The summed E-state index contributed by atoms with van der Waals surface area (Å²) in [5.74, 6) is -5.21. The third-order valence-electron chi connectivity index (χ3n) is 4.83. The zero-order chi connectivity index (χ0) is 28.6. The lowest BCUT2D eigenvalue weighted by atomic mass is 10.0. The van der Waals surface area contributed by atoms with Gasteiger partial charge in [-0.3, -0.25) is 0 Å². The van der Waals surface area contributed by atoms with Gasteiger partial charge in [-0.25, -0.2) is 9.59 Å². The maximum absolute atomic E-state index is 13.7. The predicted molar refractivity (Wildman–Crippen MR) is 113 cm³/mol. The van der Waals surface area contributed by atoms with Crippen molar-refractivity contribution >= 4 is 23.3 Å². The highest BCUT2D eigenvalue weighted by Gasteiger charge is 2.38. The first kappa shape index (κ1) is 28.1. The van der Waals surface area contributed by atoms with Crippen molar-refractivity contribution in [1.82, 2.24) is 0 Å². The topological polar surface area (TPSA) is 105 Å². The van der Waals surface area contributed by atoms with Gasteiger partial charge in [0, 0.05) is 11.4 Å². The van der Waals surface area contributed by atoms with Crippen molar-refractivity contribution in [3.05, 3.63) is 82.4 Å². The van der Waals surface area contributed by atoms with Gasteiger partial charge in [0.2, 0.25) is 0 Å². The van der Waals surface area contributed by atoms with Crippen LogP contribution in [0.2, 0.25) is 0 Å². The molecule has 0 radical (unpaired) electrons. The summed E-state index contributed by atoms with van der Waals surface area (Å²) in [5, 5.41) is 0. The molecular formula is C23H13F9N2O4. The van der Waals surface area contributed by atoms with Crippen LogP contribution in [0.4, 0.5) is 50.9 Å². The quantitative estimate of drug-likeness (QED) is 0.169. The Morgan fingerprint density at radius 2 is 1.21 bits per heavy atom. The number of hydrogen-bond acceptors (Lipinski definition) is 6. The molecule has 0 atom stereocenters. The van der Waals surface area contributed by atoms with Crippen molar-refractivity contribution in [3.8, 4) is 11.5 Å². The van der Waals surface area contributed by atoms with Crippen molar-refractivity contribution in [2.24, 2.45) is 0 Å². The van der Waals surface area contributed by atoms with Crippen LogP contribution in [0.25, 0.3) is 0 Å². The molecule has 0 bridgehead atoms. The zero-order valence-electron chi connectivity index (χ0n) is 18.4. The van der Waals surface area contributed by atoms with Gasteiger partial charge in [-0.1, -0.05) is 0 Å². The van der Waals surface area contributed by atoms with E-state index in [1.807, 2.05) is 0 Å². The lowest BCUT2D eigenvalue weighted by Gasteiger charge is -2.16. The first-order chi connectivity index (χ1) is 17.4. The van der Waals surface area contributed by atoms with Gasteiger partial charge in [0.05, 0.1) is 22.3 Å². The SMILES string of the molecule is Nc1ccc(OC(=O)c2ccc(C(=O)Oc3ccc(N)c(C(F)(F)F)c3)c(C(F)(F)F)c2)c(C(F)(F)F)c1. The van der Waals surface area contributed by atoms with Gasteiger partial charge in [0.15, 0.2) is 0 Å². The third kappa shape index (κ3) is 6.27. The van der Waals surface area contributed by atoms with Gasteiger partial charge in [-0.2, -0.15) is 39.5 Å². The van der Waals surface area contributed by atoms with Crippen molar-refractivity contribution in [2.75, 3.05) is 11.5 Å². The summed E-state index contributed by atoms with van der Waals surface area (Å²) in [6.07, 6.45) is -15.3. The molecule has 0 spiro atoms. The summed E-state index contributed by atoms with van der Waals surface area (Å²) in [7, 11) is 0. The highest BCUT2D eigenvalue weighted by molar-refractivity contribution is 5.96. The largest absolute Gasteiger partial charge is 0.423 e. The zero-order valence-corrected chi connectivity index (χ0v) is 18.4. The molecule has 0 aliphatic rings. The smallest absolute Gasteiger partial charge is 0.420 e. The number of anilines is 2. The highest BCUT2D eigenvalue weighted by atomic mass is 19.4. The lowest BCUT2D eigenvalue weighted by molar-refractivity contribution is -0.139. The van der Waals surface area contributed by atoms with Crippen LogP contribution in [0.3, 0.4) is 0 Å². The van der Waals surface area contributed by atoms with Gasteiger partial charge in [-0.05, 0) is 54.6 Å². The minimum Gasteiger partial charge on any atom is -0.423 e. The molecule has 6 nitrogen and oxygen atoms in total. The van der Waals surface area contributed by atoms with Gasteiger partial charge in [0.25, 0.3) is 0 Å². The summed E-state index contributed by atoms with van der Waals surface area (Å²) in [6, 6.07) is 5.14. The van der Waals surface area contributed by atoms with Crippen LogP contribution in [-0.4, -0.2) is 11.9 Å². The summed E-state index contributed by atoms with van der Waals surface area (Å²) in [5.41, 5.74) is 2.71. The fourth-order valence-corrected chi connectivity index (χ4v) is 3.11. The van der Waals surface area contributed by atoms with E-state index in [0.717, 1.165) is 18.2 Å². The van der Waals surface area contributed by atoms with Crippen LogP contribution >= 0.6 is 0 Å². The first-order valence-electron chi connectivity index (χ1n) is 9.97. The molecule has 0 saturated carbocycles. The van der Waals surface area contributed by atoms with Crippen LogP contribution in [0.15, 0.2) is 54.6 Å². The van der Waals surface area contributed by atoms with Crippen LogP contribution < -0.4 is 20.9 Å². The molecule has 3 aromatic carbocycles. The molecule has 0 unspecified atom stereocenters. The Hall–Kier alpha value is -4.43. The Bertz CT molecular complexity index is 1400. The number of nitrogens with two attached hydrogens (primary N) is 2. The van der Waals surface area contributed by atoms with Crippen molar-refractivity contribution in [3.63, 3.8) is 0 Å². The Labute approximate surface area is 206 Å². The third-order valence-corrected chi connectivity index (χ3v) is 4.83. The van der Waals surface area contributed by atoms with E-state index in [9.17, 15) is 49.1 Å². The second-order valence-electron chi connectivity index (χ2n) is 7.54. The number of carbonyl (C=O) groups excluding carboxylic acids is 2. The van der Waals surface area contributed by atoms with E-state index in [1.165, 1.54) is 0 Å². The van der Waals surface area contributed by atoms with Crippen molar-refractivity contribution < 1.29 is 58.6 Å². The highest BCUT2D eigenvalue weighted by Crippen LogP contribution is 2.39. The predicted octanol–water partition coefficient (Wildman–Crippen LogP) is 6.35. The summed E-state index contributed by atoms with van der Waals surface area (Å²) >= 11 is 0. The number of esters is 2. The number of carbonyl (C=O) groups is 2. The summed E-state index contributed by atoms with van der Waals surface area (Å²) in [4.78, 5) is 24.8. The number of alkyl halides is 9. The molecule has 3 rings (SSSR count). The standard InChI is InChI=1S/C23H13F9N2O4/c24-21(25,26)14-7-10(19(35)38-18-6-2-11(33)8-16(18)23(30,31)32)1-4-13(14)20(36)37-12-3-5-17(34)15(9-12)22(27,28)29/h1-9H,33-34H2. The maximum atomic E-state index is 13.7. The molecule has 0 amide bonds. The molecule has 202 valence electrons. The van der Waals surface area contributed by atoms with Gasteiger partial charge in [-0.15, -0.1) is 0 Å². The molecule has 0 saturated heterocycles. The number of benzene rings is 3. The molecule has 0 heterocycles. The number of hydrogen-bond donors (Lipinski definition) is 2. The second kappa shape index (κ2) is 9.79. The molecule has 4 N–H and O–H groups in total. The van der Waals surface area contributed by atoms with E-state index >= 15 is 0 Å². The van der Waals surface area contributed by atoms with Gasteiger partial charge < -0.3 is 20.9 Å². The van der Waals surface area contributed by atoms with E-state index in [1.54, 1.807) is 0 Å². The summed E-state index contributed by atoms with van der Waals surface area (Å²) < 4.78 is 129. The monoisotopic (exact) mass is 552 g/mol. The molecular weight excluding hydrogens is 539 g/mol. The normalized spacial score (nSPS) is 12.2. The fourth-order valence-electron chi connectivity index (χ4n) is 3.11. The van der Waals surface area contributed by atoms with E-state index in [4.69, 9.17) is 11.5 Å². The van der Waals surface area contributed by atoms with Gasteiger partial charge >= 0.3 is 30.5 Å². The molecule has 15 heteroatoms. The molecule has 0 aromatic heterocycles. The Balaban J connectivity index is 1.95. The van der Waals surface area contributed by atoms with E-state index in [2.05, 4.69) is 9.47 Å². The molecule has 0 aliphatic carbocycles. The number of rotatable bonds is 4. The minimum absolute atomic E-state index is 0.119. The van der Waals surface area contributed by atoms with Crippen LogP contribution in [0.1, 0.15) is 37.4 Å². The van der Waals surface area contributed by atoms with E-state index in [0.29, 0.717) is 30.3 Å². The van der Waals surface area contributed by atoms with E-state index in [-0.39, 0.29) is 11.8 Å². The maximum Gasteiger partial charge on any atom is 0.420 e. The number of ether oxygens (including phenoxy) is 2. The molecule has 0 fully saturated rings. The molecule has 0 aliphatic heterocycles. The summed E-state index contributed by atoms with van der Waals surface area (Å²) in [6.45, 7) is 0. The van der Waals surface area contributed by atoms with Crippen LogP contribution in [0.5, 0.6) is 11.5 Å². The molecule has 38 heavy (non-hydrogen) atoms. The lowest BCUT2D eigenvalue weighted by Crippen LogP contribution is -2.20. The molecule has 3 aromatic rings. The fraction of sp³-hybridized carbons (Fsp3) is 0.130. The van der Waals surface area contributed by atoms with Crippen molar-refractivity contribution in [1.29, 1.82) is 0 Å². The van der Waals surface area contributed by atoms with Crippen molar-refractivity contribution in [2.45, 2.75) is 18.5 Å². The van der Waals surface area contributed by atoms with Crippen LogP contribution in [-0.2, 0) is 18.5 Å². The number of halogens is 9. The Morgan fingerprint density at radius 3 is 1.79 bits per heavy atom. The average molecular weight is 552 g/mol.